The summed E-state index contributed by atoms with van der Waals surface area (Å²) in [6.07, 6.45) is 2.08. The predicted octanol–water partition coefficient (Wildman–Crippen LogP) is 1.76. The van der Waals surface area contributed by atoms with Crippen LogP contribution >= 0.6 is 0 Å². The van der Waals surface area contributed by atoms with Crippen LogP contribution in [0.5, 0.6) is 0 Å². The molecule has 37 heavy (non-hydrogen) atoms. The van der Waals surface area contributed by atoms with Crippen molar-refractivity contribution in [3.05, 3.63) is 23.8 Å². The van der Waals surface area contributed by atoms with Crippen LogP contribution in [0.4, 0.5) is 15.4 Å². The monoisotopic (exact) mass is 532 g/mol. The molecule has 3 fully saturated rings. The Labute approximate surface area is 215 Å². The quantitative estimate of drug-likeness (QED) is 0.634. The van der Waals surface area contributed by atoms with Crippen LogP contribution < -0.4 is 10.2 Å². The first kappa shape index (κ1) is 25.5. The summed E-state index contributed by atoms with van der Waals surface area (Å²) in [5.41, 5.74) is 1.99. The third-order valence-electron chi connectivity index (χ3n) is 7.75. The second-order valence-corrected chi connectivity index (χ2v) is 12.1. The van der Waals surface area contributed by atoms with E-state index >= 15 is 0 Å². The fraction of sp³-hybridized carbons (Fsp3) is 0.583. The van der Waals surface area contributed by atoms with Crippen molar-refractivity contribution in [2.75, 3.05) is 44.7 Å². The van der Waals surface area contributed by atoms with E-state index in [1.54, 1.807) is 13.9 Å². The molecule has 1 aromatic carbocycles. The van der Waals surface area contributed by atoms with Gasteiger partial charge in [0.2, 0.25) is 15.9 Å². The van der Waals surface area contributed by atoms with Crippen molar-refractivity contribution in [2.24, 2.45) is 7.05 Å². The van der Waals surface area contributed by atoms with Crippen LogP contribution in [-0.2, 0) is 26.6 Å². The number of piperidine rings is 2. The van der Waals surface area contributed by atoms with Crippen molar-refractivity contribution in [3.63, 3.8) is 0 Å². The van der Waals surface area contributed by atoms with Gasteiger partial charge in [0.25, 0.3) is 0 Å². The van der Waals surface area contributed by atoms with Gasteiger partial charge in [-0.15, -0.1) is 0 Å². The van der Waals surface area contributed by atoms with Gasteiger partial charge in [-0.3, -0.25) is 19.7 Å². The van der Waals surface area contributed by atoms with Crippen LogP contribution in [-0.4, -0.2) is 90.5 Å². The molecule has 0 atom stereocenters. The Kier molecular flexibility index (Phi) is 6.84. The summed E-state index contributed by atoms with van der Waals surface area (Å²) in [5, 5.41) is 7.23. The maximum atomic E-state index is 13.3. The summed E-state index contributed by atoms with van der Waals surface area (Å²) in [4.78, 5) is 38.6. The maximum absolute atomic E-state index is 13.3. The third kappa shape index (κ3) is 4.77. The molecular formula is C24H32N6O6S. The first-order chi connectivity index (χ1) is 17.7. The lowest BCUT2D eigenvalue weighted by Gasteiger charge is -2.37. The second kappa shape index (κ2) is 9.93. The van der Waals surface area contributed by atoms with Crippen LogP contribution in [0.15, 0.2) is 18.2 Å². The van der Waals surface area contributed by atoms with Crippen molar-refractivity contribution in [1.29, 1.82) is 0 Å². The van der Waals surface area contributed by atoms with Gasteiger partial charge in [0.05, 0.1) is 17.9 Å². The predicted molar refractivity (Wildman–Crippen MR) is 136 cm³/mol. The van der Waals surface area contributed by atoms with Crippen LogP contribution in [0.3, 0.4) is 0 Å². The van der Waals surface area contributed by atoms with Crippen LogP contribution in [0.1, 0.15) is 43.6 Å². The molecule has 0 unspecified atom stereocenters. The van der Waals surface area contributed by atoms with Crippen molar-refractivity contribution >= 4 is 44.8 Å². The van der Waals surface area contributed by atoms with Gasteiger partial charge >= 0.3 is 12.1 Å². The number of carbonyl (C=O) groups excluding carboxylic acids is 3. The number of urea groups is 1. The number of hydrogen-bond acceptors (Lipinski definition) is 7. The highest BCUT2D eigenvalue weighted by Gasteiger charge is 2.38. The number of sulfonamides is 1. The van der Waals surface area contributed by atoms with Crippen molar-refractivity contribution < 1.29 is 27.5 Å². The zero-order valence-corrected chi connectivity index (χ0v) is 21.9. The number of ether oxygens (including phenoxy) is 1. The summed E-state index contributed by atoms with van der Waals surface area (Å²) < 4.78 is 34.6. The Morgan fingerprint density at radius 1 is 1.05 bits per heavy atom. The van der Waals surface area contributed by atoms with Gasteiger partial charge in [-0.25, -0.2) is 22.3 Å². The molecule has 0 saturated carbocycles. The normalized spacial score (nSPS) is 20.9. The number of fused-ring (bicyclic) bond motifs is 1. The number of nitrogens with zero attached hydrogens (tertiary/aromatic N) is 5. The average Bonchev–Trinajstić information content (AvgIpc) is 3.23. The molecule has 0 bridgehead atoms. The van der Waals surface area contributed by atoms with Gasteiger partial charge in [0, 0.05) is 51.6 Å². The topological polar surface area (TPSA) is 134 Å². The third-order valence-corrected chi connectivity index (χ3v) is 10.1. The highest BCUT2D eigenvalue weighted by molar-refractivity contribution is 7.89. The summed E-state index contributed by atoms with van der Waals surface area (Å²) in [6, 6.07) is 5.58. The number of nitrogens with one attached hydrogen (secondary N) is 1. The Hall–Kier alpha value is -3.19. The summed E-state index contributed by atoms with van der Waals surface area (Å²) in [6.45, 7) is 1.97. The highest BCUT2D eigenvalue weighted by Crippen LogP contribution is 2.35. The minimum Gasteiger partial charge on any atom is -0.453 e. The number of anilines is 1. The van der Waals surface area contributed by atoms with E-state index in [0.29, 0.717) is 57.7 Å². The smallest absolute Gasteiger partial charge is 0.409 e. The average molecular weight is 533 g/mol. The van der Waals surface area contributed by atoms with Crippen LogP contribution in [0.25, 0.3) is 10.9 Å². The van der Waals surface area contributed by atoms with E-state index in [9.17, 15) is 22.8 Å². The Bertz CT molecular complexity index is 1320. The first-order valence-corrected chi connectivity index (χ1v) is 14.1. The molecule has 4 amide bonds. The van der Waals surface area contributed by atoms with Crippen molar-refractivity contribution in [2.45, 2.75) is 43.3 Å². The highest BCUT2D eigenvalue weighted by atomic mass is 32.2. The molecule has 5 rings (SSSR count). The molecule has 1 N–H and O–H groups in total. The number of methoxy groups -OCH3 is 1. The van der Waals surface area contributed by atoms with Gasteiger partial charge in [-0.1, -0.05) is 6.07 Å². The fourth-order valence-electron chi connectivity index (χ4n) is 5.59. The lowest BCUT2D eigenvalue weighted by Crippen LogP contribution is -2.49. The maximum Gasteiger partial charge on any atom is 0.409 e. The van der Waals surface area contributed by atoms with Gasteiger partial charge in [-0.2, -0.15) is 5.10 Å². The summed E-state index contributed by atoms with van der Waals surface area (Å²) in [5.74, 6) is 0.447. The van der Waals surface area contributed by atoms with E-state index in [1.165, 1.54) is 12.0 Å². The summed E-state index contributed by atoms with van der Waals surface area (Å²) >= 11 is 0. The zero-order valence-electron chi connectivity index (χ0n) is 21.1. The number of amides is 4. The molecule has 0 aliphatic carbocycles. The molecule has 3 saturated heterocycles. The standard InChI is InChI=1S/C24H32N6O6S/c1-27-20-15-17(3-4-19(20)22(26-27)30-14-9-21(31)25-23(30)32)16-5-12-29(13-6-16)37(34,35)18-7-10-28(11-8-18)24(33)36-2/h3-4,15-16,18H,5-14H2,1-2H3,(H,25,31,32). The fourth-order valence-corrected chi connectivity index (χ4v) is 7.54. The number of rotatable bonds is 4. The Balaban J connectivity index is 1.25. The van der Waals surface area contributed by atoms with Gasteiger partial charge in [-0.05, 0) is 49.3 Å². The minimum atomic E-state index is -3.43. The minimum absolute atomic E-state index is 0.214. The van der Waals surface area contributed by atoms with Gasteiger partial charge in [0.15, 0.2) is 5.82 Å². The van der Waals surface area contributed by atoms with E-state index in [1.807, 2.05) is 19.2 Å². The van der Waals surface area contributed by atoms with Gasteiger partial charge < -0.3 is 9.64 Å². The molecule has 0 spiro atoms. The molecular weight excluding hydrogens is 500 g/mol. The number of carbonyl (C=O) groups is 3. The van der Waals surface area contributed by atoms with E-state index in [4.69, 9.17) is 4.74 Å². The van der Waals surface area contributed by atoms with Crippen molar-refractivity contribution in [3.8, 4) is 0 Å². The number of imide groups is 1. The number of likely N-dealkylation sites (tertiary alicyclic amines) is 1. The molecule has 3 aliphatic heterocycles. The number of hydrogen-bond donors (Lipinski definition) is 1. The molecule has 200 valence electrons. The van der Waals surface area contributed by atoms with Crippen molar-refractivity contribution in [1.82, 2.24) is 24.3 Å². The van der Waals surface area contributed by atoms with Crippen LogP contribution in [0, 0.1) is 0 Å². The van der Waals surface area contributed by atoms with Gasteiger partial charge in [0.1, 0.15) is 0 Å². The SMILES string of the molecule is COC(=O)N1CCC(S(=O)(=O)N2CCC(c3ccc4c(N5CCC(=O)NC5=O)nn(C)c4c3)CC2)CC1. The molecule has 1 aromatic heterocycles. The molecule has 0 radical (unpaired) electrons. The van der Waals surface area contributed by atoms with E-state index in [0.717, 1.165) is 16.5 Å². The lowest BCUT2D eigenvalue weighted by molar-refractivity contribution is -0.120. The van der Waals surface area contributed by atoms with E-state index in [-0.39, 0.29) is 24.8 Å². The van der Waals surface area contributed by atoms with E-state index in [2.05, 4.69) is 16.5 Å². The second-order valence-electron chi connectivity index (χ2n) is 9.85. The molecule has 13 heteroatoms. The first-order valence-electron chi connectivity index (χ1n) is 12.6. The number of benzene rings is 1. The molecule has 2 aromatic rings. The number of aromatic nitrogens is 2. The molecule has 3 aliphatic rings. The van der Waals surface area contributed by atoms with E-state index < -0.39 is 27.4 Å². The number of aryl methyl sites for hydroxylation is 1. The molecule has 4 heterocycles. The largest absolute Gasteiger partial charge is 0.453 e. The van der Waals surface area contributed by atoms with Crippen LogP contribution in [0.2, 0.25) is 0 Å². The summed E-state index contributed by atoms with van der Waals surface area (Å²) in [7, 11) is -0.280. The molecule has 12 nitrogen and oxygen atoms in total. The Morgan fingerprint density at radius 2 is 1.76 bits per heavy atom. The zero-order chi connectivity index (χ0) is 26.3. The lowest BCUT2D eigenvalue weighted by atomic mass is 9.90. The Morgan fingerprint density at radius 3 is 2.41 bits per heavy atom.